The van der Waals surface area contributed by atoms with Crippen LogP contribution in [0.5, 0.6) is 5.75 Å². The van der Waals surface area contributed by atoms with E-state index in [1.54, 1.807) is 18.2 Å². The molecule has 8 heteroatoms. The molecule has 1 atom stereocenters. The number of urea groups is 1. The molecule has 0 radical (unpaired) electrons. The Morgan fingerprint density at radius 3 is 2.41 bits per heavy atom. The number of Topliss-reactive ketones (excluding diaryl/α,β-unsaturated/α-hetero) is 1. The van der Waals surface area contributed by atoms with Crippen molar-refractivity contribution in [3.63, 3.8) is 0 Å². The minimum Gasteiger partial charge on any atom is -0.482 e. The third-order valence-corrected chi connectivity index (χ3v) is 3.81. The van der Waals surface area contributed by atoms with E-state index < -0.39 is 30.6 Å². The molecule has 2 aromatic carbocycles. The van der Waals surface area contributed by atoms with Gasteiger partial charge >= 0.3 is 12.0 Å². The molecule has 8 nitrogen and oxygen atoms in total. The summed E-state index contributed by atoms with van der Waals surface area (Å²) in [5.41, 5.74) is 1.32. The molecular weight excluding hydrogens is 376 g/mol. The fraction of sp³-hybridized carbons (Fsp3) is 0.238. The number of benzene rings is 2. The molecule has 0 aliphatic heterocycles. The smallest absolute Gasteiger partial charge is 0.344 e. The van der Waals surface area contributed by atoms with Crippen LogP contribution in [-0.2, 0) is 20.9 Å². The van der Waals surface area contributed by atoms with Gasteiger partial charge in [-0.2, -0.15) is 0 Å². The molecule has 3 amide bonds. The molecule has 2 N–H and O–H groups in total. The molecule has 0 aliphatic rings. The number of hydrogen-bond acceptors (Lipinski definition) is 6. The lowest BCUT2D eigenvalue weighted by atomic mass is 10.1. The summed E-state index contributed by atoms with van der Waals surface area (Å²) in [4.78, 5) is 46.9. The van der Waals surface area contributed by atoms with Gasteiger partial charge in [-0.3, -0.25) is 14.9 Å². The zero-order valence-corrected chi connectivity index (χ0v) is 16.1. The Hall–Kier alpha value is -3.68. The van der Waals surface area contributed by atoms with E-state index in [0.717, 1.165) is 5.56 Å². The van der Waals surface area contributed by atoms with Gasteiger partial charge in [-0.05, 0) is 31.5 Å². The van der Waals surface area contributed by atoms with Gasteiger partial charge < -0.3 is 14.8 Å². The molecule has 2 aromatic rings. The normalized spacial score (nSPS) is 11.1. The quantitative estimate of drug-likeness (QED) is 0.521. The van der Waals surface area contributed by atoms with Gasteiger partial charge in [-0.15, -0.1) is 0 Å². The van der Waals surface area contributed by atoms with Crippen molar-refractivity contribution in [3.05, 3.63) is 65.7 Å². The van der Waals surface area contributed by atoms with Crippen molar-refractivity contribution in [1.29, 1.82) is 0 Å². The third kappa shape index (κ3) is 7.45. The summed E-state index contributed by atoms with van der Waals surface area (Å²) in [7, 11) is 0. The van der Waals surface area contributed by atoms with Crippen LogP contribution in [0.15, 0.2) is 54.6 Å². The van der Waals surface area contributed by atoms with Crippen LogP contribution in [0.3, 0.4) is 0 Å². The van der Waals surface area contributed by atoms with Gasteiger partial charge in [-0.1, -0.05) is 42.5 Å². The van der Waals surface area contributed by atoms with Gasteiger partial charge in [0.25, 0.3) is 5.91 Å². The molecular formula is C21H22N2O6. The van der Waals surface area contributed by atoms with Crippen LogP contribution < -0.4 is 15.4 Å². The maximum atomic E-state index is 12.0. The fourth-order valence-corrected chi connectivity index (χ4v) is 2.27. The van der Waals surface area contributed by atoms with Crippen molar-refractivity contribution >= 4 is 23.7 Å². The monoisotopic (exact) mass is 398 g/mol. The lowest BCUT2D eigenvalue weighted by molar-refractivity contribution is -0.156. The average molecular weight is 398 g/mol. The van der Waals surface area contributed by atoms with E-state index in [-0.39, 0.29) is 12.3 Å². The molecule has 0 aromatic heterocycles. The first kappa shape index (κ1) is 21.6. The summed E-state index contributed by atoms with van der Waals surface area (Å²) in [6.45, 7) is 2.57. The van der Waals surface area contributed by atoms with Crippen LogP contribution in [0.2, 0.25) is 0 Å². The Morgan fingerprint density at radius 1 is 1.00 bits per heavy atom. The maximum absolute atomic E-state index is 12.0. The molecule has 0 saturated heterocycles. The number of ketones is 1. The van der Waals surface area contributed by atoms with Crippen molar-refractivity contribution in [2.24, 2.45) is 0 Å². The van der Waals surface area contributed by atoms with Gasteiger partial charge in [0.05, 0.1) is 0 Å². The SMILES string of the molecule is CC(=O)c1cccc(OCC(=O)O[C@@H](C)C(=O)NC(=O)NCc2ccccc2)c1. The first-order valence-corrected chi connectivity index (χ1v) is 8.91. The summed E-state index contributed by atoms with van der Waals surface area (Å²) in [5, 5.41) is 4.64. The summed E-state index contributed by atoms with van der Waals surface area (Å²) in [6, 6.07) is 14.8. The van der Waals surface area contributed by atoms with Gasteiger partial charge in [0, 0.05) is 12.1 Å². The first-order valence-electron chi connectivity index (χ1n) is 8.91. The molecule has 0 heterocycles. The number of esters is 1. The van der Waals surface area contributed by atoms with Gasteiger partial charge in [-0.25, -0.2) is 9.59 Å². The molecule has 0 spiro atoms. The number of nitrogens with one attached hydrogen (secondary N) is 2. The number of carbonyl (C=O) groups is 4. The van der Waals surface area contributed by atoms with Gasteiger partial charge in [0.15, 0.2) is 18.5 Å². The largest absolute Gasteiger partial charge is 0.482 e. The highest BCUT2D eigenvalue weighted by Gasteiger charge is 2.20. The lowest BCUT2D eigenvalue weighted by Gasteiger charge is -2.14. The topological polar surface area (TPSA) is 111 Å². The number of ether oxygens (including phenoxy) is 2. The number of hydrogen-bond donors (Lipinski definition) is 2. The average Bonchev–Trinajstić information content (AvgIpc) is 2.71. The van der Waals surface area contributed by atoms with E-state index in [4.69, 9.17) is 9.47 Å². The van der Waals surface area contributed by atoms with Crippen molar-refractivity contribution in [1.82, 2.24) is 10.6 Å². The Balaban J connectivity index is 1.73. The Kier molecular flexibility index (Phi) is 7.90. The Labute approximate surface area is 168 Å². The maximum Gasteiger partial charge on any atom is 0.344 e. The van der Waals surface area contributed by atoms with Crippen LogP contribution in [0.1, 0.15) is 29.8 Å². The van der Waals surface area contributed by atoms with Crippen molar-refractivity contribution < 1.29 is 28.7 Å². The molecule has 2 rings (SSSR count). The second-order valence-corrected chi connectivity index (χ2v) is 6.16. The fourth-order valence-electron chi connectivity index (χ4n) is 2.27. The lowest BCUT2D eigenvalue weighted by Crippen LogP contribution is -2.44. The van der Waals surface area contributed by atoms with Crippen LogP contribution in [0.4, 0.5) is 4.79 Å². The van der Waals surface area contributed by atoms with Crippen molar-refractivity contribution in [2.75, 3.05) is 6.61 Å². The molecule has 0 aliphatic carbocycles. The molecule has 0 unspecified atom stereocenters. The molecule has 29 heavy (non-hydrogen) atoms. The predicted octanol–water partition coefficient (Wildman–Crippen LogP) is 2.23. The zero-order valence-electron chi connectivity index (χ0n) is 16.1. The molecule has 0 saturated carbocycles. The van der Waals surface area contributed by atoms with Gasteiger partial charge in [0.1, 0.15) is 5.75 Å². The highest BCUT2D eigenvalue weighted by atomic mass is 16.6. The van der Waals surface area contributed by atoms with Crippen molar-refractivity contribution in [3.8, 4) is 5.75 Å². The van der Waals surface area contributed by atoms with Crippen LogP contribution in [0.25, 0.3) is 0 Å². The van der Waals surface area contributed by atoms with Crippen LogP contribution >= 0.6 is 0 Å². The highest BCUT2D eigenvalue weighted by Crippen LogP contribution is 2.13. The first-order chi connectivity index (χ1) is 13.8. The van der Waals surface area contributed by atoms with E-state index in [9.17, 15) is 19.2 Å². The highest BCUT2D eigenvalue weighted by molar-refractivity contribution is 5.97. The summed E-state index contributed by atoms with van der Waals surface area (Å²) in [5.74, 6) is -1.35. The van der Waals surface area contributed by atoms with Crippen LogP contribution in [-0.4, -0.2) is 36.4 Å². The Bertz CT molecular complexity index is 882. The number of amides is 3. The molecule has 0 bridgehead atoms. The second-order valence-electron chi connectivity index (χ2n) is 6.16. The van der Waals surface area contributed by atoms with Gasteiger partial charge in [0.2, 0.25) is 0 Å². The number of imide groups is 1. The van der Waals surface area contributed by atoms with E-state index in [0.29, 0.717) is 11.3 Å². The molecule has 152 valence electrons. The molecule has 0 fully saturated rings. The zero-order chi connectivity index (χ0) is 21.2. The van der Waals surface area contributed by atoms with Crippen molar-refractivity contribution in [2.45, 2.75) is 26.5 Å². The summed E-state index contributed by atoms with van der Waals surface area (Å²) >= 11 is 0. The summed E-state index contributed by atoms with van der Waals surface area (Å²) in [6.07, 6.45) is -1.18. The number of rotatable bonds is 8. The minimum atomic E-state index is -1.18. The summed E-state index contributed by atoms with van der Waals surface area (Å²) < 4.78 is 10.2. The predicted molar refractivity (Wildman–Crippen MR) is 104 cm³/mol. The van der Waals surface area contributed by atoms with E-state index in [1.165, 1.54) is 19.9 Å². The minimum absolute atomic E-state index is 0.131. The van der Waals surface area contributed by atoms with E-state index in [2.05, 4.69) is 10.6 Å². The van der Waals surface area contributed by atoms with Crippen LogP contribution in [0, 0.1) is 0 Å². The van der Waals surface area contributed by atoms with E-state index in [1.807, 2.05) is 30.3 Å². The number of carbonyl (C=O) groups excluding carboxylic acids is 4. The Morgan fingerprint density at radius 2 is 1.72 bits per heavy atom. The third-order valence-electron chi connectivity index (χ3n) is 3.81. The second kappa shape index (κ2) is 10.6. The standard InChI is InChI=1S/C21H22N2O6/c1-14(24)17-9-6-10-18(11-17)28-13-19(25)29-15(2)20(26)23-21(27)22-12-16-7-4-3-5-8-16/h3-11,15H,12-13H2,1-2H3,(H2,22,23,26,27)/t15-/m0/s1. The van der Waals surface area contributed by atoms with E-state index >= 15 is 0 Å².